The Labute approximate surface area is 166 Å². The largest absolute Gasteiger partial charge is 0.459 e. The SMILES string of the molecule is C=C1[C@@H](O)CC[C@@]2(C)[C@H](OC(C)=O)[C@H](O)C3=C(C)C(=O)C[C@@H]([C@@H](O)[C@H]12)C3(C)C. The summed E-state index contributed by atoms with van der Waals surface area (Å²) >= 11 is 0. The molecular formula is C22H32O6. The molecule has 2 saturated carbocycles. The van der Waals surface area contributed by atoms with Crippen LogP contribution in [-0.2, 0) is 14.3 Å². The summed E-state index contributed by atoms with van der Waals surface area (Å²) in [7, 11) is 0. The van der Waals surface area contributed by atoms with E-state index in [4.69, 9.17) is 4.74 Å². The van der Waals surface area contributed by atoms with E-state index in [1.165, 1.54) is 6.92 Å². The van der Waals surface area contributed by atoms with Crippen LogP contribution in [0.1, 0.15) is 53.9 Å². The average Bonchev–Trinajstić information content (AvgIpc) is 2.58. The molecule has 6 heteroatoms. The Morgan fingerprint density at radius 1 is 1.21 bits per heavy atom. The molecule has 0 radical (unpaired) electrons. The predicted octanol–water partition coefficient (Wildman–Crippen LogP) is 1.92. The van der Waals surface area contributed by atoms with Gasteiger partial charge in [0.1, 0.15) is 12.2 Å². The molecule has 0 amide bonds. The highest BCUT2D eigenvalue weighted by atomic mass is 16.6. The summed E-state index contributed by atoms with van der Waals surface area (Å²) in [5, 5.41) is 33.4. The molecule has 0 aromatic heterocycles. The normalized spacial score (nSPS) is 43.1. The first-order chi connectivity index (χ1) is 12.8. The van der Waals surface area contributed by atoms with Crippen LogP contribution >= 0.6 is 0 Å². The third-order valence-electron chi connectivity index (χ3n) is 7.62. The smallest absolute Gasteiger partial charge is 0.303 e. The zero-order valence-corrected chi connectivity index (χ0v) is 17.4. The van der Waals surface area contributed by atoms with E-state index in [1.807, 2.05) is 20.8 Å². The van der Waals surface area contributed by atoms with Gasteiger partial charge in [-0.2, -0.15) is 0 Å². The minimum absolute atomic E-state index is 0.121. The average molecular weight is 392 g/mol. The summed E-state index contributed by atoms with van der Waals surface area (Å²) in [6, 6.07) is 0. The molecule has 0 aromatic rings. The first-order valence-electron chi connectivity index (χ1n) is 9.98. The van der Waals surface area contributed by atoms with Crippen LogP contribution in [0.25, 0.3) is 0 Å². The van der Waals surface area contributed by atoms with Gasteiger partial charge in [-0.1, -0.05) is 27.4 Å². The van der Waals surface area contributed by atoms with Gasteiger partial charge in [0.2, 0.25) is 0 Å². The molecular weight excluding hydrogens is 360 g/mol. The fourth-order valence-corrected chi connectivity index (χ4v) is 6.06. The molecule has 28 heavy (non-hydrogen) atoms. The molecule has 3 aliphatic carbocycles. The van der Waals surface area contributed by atoms with Crippen molar-refractivity contribution in [3.8, 4) is 0 Å². The third-order valence-corrected chi connectivity index (χ3v) is 7.62. The van der Waals surface area contributed by atoms with Crippen LogP contribution in [0.5, 0.6) is 0 Å². The molecule has 2 fully saturated rings. The number of carbonyl (C=O) groups excluding carboxylic acids is 2. The molecule has 0 aromatic carbocycles. The lowest BCUT2D eigenvalue weighted by Gasteiger charge is -2.58. The molecule has 3 aliphatic rings. The predicted molar refractivity (Wildman–Crippen MR) is 103 cm³/mol. The molecule has 2 bridgehead atoms. The Kier molecular flexibility index (Phi) is 5.14. The van der Waals surface area contributed by atoms with Gasteiger partial charge in [-0.25, -0.2) is 0 Å². The van der Waals surface area contributed by atoms with E-state index in [9.17, 15) is 24.9 Å². The van der Waals surface area contributed by atoms with Crippen molar-refractivity contribution in [2.24, 2.45) is 22.7 Å². The Balaban J connectivity index is 2.28. The third kappa shape index (κ3) is 2.88. The fourth-order valence-electron chi connectivity index (χ4n) is 6.06. The molecule has 0 heterocycles. The van der Waals surface area contributed by atoms with Gasteiger partial charge in [0, 0.05) is 30.6 Å². The standard InChI is InChI=1S/C22H32O6/c1-10-14(24)7-8-22(6)17(10)18(26)13-9-15(25)11(2)16(21(13,4)5)19(27)20(22)28-12(3)23/h13-14,17-20,24,26-27H,1,7-9H2,2-6H3/t13-,14-,17-,18+,19+,20+,22+/m0/s1. The maximum Gasteiger partial charge on any atom is 0.303 e. The Bertz CT molecular complexity index is 750. The van der Waals surface area contributed by atoms with E-state index in [0.29, 0.717) is 29.6 Å². The minimum Gasteiger partial charge on any atom is -0.459 e. The number of hydrogen-bond donors (Lipinski definition) is 3. The van der Waals surface area contributed by atoms with Crippen LogP contribution in [-0.4, -0.2) is 51.5 Å². The Morgan fingerprint density at radius 2 is 1.82 bits per heavy atom. The van der Waals surface area contributed by atoms with Crippen molar-refractivity contribution < 1.29 is 29.6 Å². The van der Waals surface area contributed by atoms with Gasteiger partial charge in [0.25, 0.3) is 0 Å². The fraction of sp³-hybridized carbons (Fsp3) is 0.727. The highest BCUT2D eigenvalue weighted by molar-refractivity contribution is 5.97. The van der Waals surface area contributed by atoms with E-state index in [-0.39, 0.29) is 12.2 Å². The second-order valence-electron chi connectivity index (χ2n) is 9.57. The second-order valence-corrected chi connectivity index (χ2v) is 9.57. The Hall–Kier alpha value is -1.50. The van der Waals surface area contributed by atoms with E-state index < -0.39 is 53.1 Å². The van der Waals surface area contributed by atoms with Crippen LogP contribution in [0.3, 0.4) is 0 Å². The van der Waals surface area contributed by atoms with Crippen LogP contribution in [0.2, 0.25) is 0 Å². The van der Waals surface area contributed by atoms with Gasteiger partial charge in [0.15, 0.2) is 5.78 Å². The molecule has 0 aliphatic heterocycles. The summed E-state index contributed by atoms with van der Waals surface area (Å²) < 4.78 is 5.64. The monoisotopic (exact) mass is 392 g/mol. The molecule has 6 nitrogen and oxygen atoms in total. The number of hydrogen-bond acceptors (Lipinski definition) is 6. The quantitative estimate of drug-likeness (QED) is 0.465. The molecule has 0 spiro atoms. The van der Waals surface area contributed by atoms with E-state index in [0.717, 1.165) is 0 Å². The van der Waals surface area contributed by atoms with Gasteiger partial charge < -0.3 is 20.1 Å². The molecule has 3 rings (SSSR count). The van der Waals surface area contributed by atoms with Gasteiger partial charge in [0.05, 0.1) is 12.2 Å². The summed E-state index contributed by atoms with van der Waals surface area (Å²) in [5.41, 5.74) is -0.00497. The van der Waals surface area contributed by atoms with Crippen molar-refractivity contribution in [3.63, 3.8) is 0 Å². The molecule has 3 N–H and O–H groups in total. The van der Waals surface area contributed by atoms with Gasteiger partial charge in [-0.05, 0) is 41.9 Å². The number of ether oxygens (including phenoxy) is 1. The highest BCUT2D eigenvalue weighted by Gasteiger charge is 2.61. The zero-order valence-electron chi connectivity index (χ0n) is 17.4. The van der Waals surface area contributed by atoms with Crippen LogP contribution in [0.4, 0.5) is 0 Å². The van der Waals surface area contributed by atoms with Crippen molar-refractivity contribution in [1.82, 2.24) is 0 Å². The lowest BCUT2D eigenvalue weighted by Crippen LogP contribution is -2.62. The van der Waals surface area contributed by atoms with E-state index in [2.05, 4.69) is 6.58 Å². The zero-order chi connectivity index (χ0) is 21.2. The number of fused-ring (bicyclic) bond motifs is 3. The highest BCUT2D eigenvalue weighted by Crippen LogP contribution is 2.58. The number of Topliss-reactive ketones (excluding diaryl/α,β-unsaturated/α-hetero) is 1. The molecule has 7 atom stereocenters. The lowest BCUT2D eigenvalue weighted by atomic mass is 9.49. The number of esters is 1. The number of rotatable bonds is 1. The number of aliphatic hydroxyl groups is 3. The summed E-state index contributed by atoms with van der Waals surface area (Å²) in [4.78, 5) is 24.6. The summed E-state index contributed by atoms with van der Waals surface area (Å²) in [5.74, 6) is -1.69. The summed E-state index contributed by atoms with van der Waals surface area (Å²) in [6.07, 6.45) is -2.82. The maximum absolute atomic E-state index is 12.7. The lowest BCUT2D eigenvalue weighted by molar-refractivity contribution is -0.185. The van der Waals surface area contributed by atoms with E-state index in [1.54, 1.807) is 6.92 Å². The van der Waals surface area contributed by atoms with Crippen molar-refractivity contribution in [1.29, 1.82) is 0 Å². The maximum atomic E-state index is 12.7. The van der Waals surface area contributed by atoms with Crippen molar-refractivity contribution >= 4 is 11.8 Å². The van der Waals surface area contributed by atoms with Crippen LogP contribution in [0, 0.1) is 22.7 Å². The van der Waals surface area contributed by atoms with Crippen LogP contribution in [0.15, 0.2) is 23.3 Å². The van der Waals surface area contributed by atoms with Crippen LogP contribution < -0.4 is 0 Å². The van der Waals surface area contributed by atoms with Gasteiger partial charge in [-0.3, -0.25) is 9.59 Å². The number of allylic oxidation sites excluding steroid dienone is 1. The number of carbonyl (C=O) groups is 2. The van der Waals surface area contributed by atoms with E-state index >= 15 is 0 Å². The van der Waals surface area contributed by atoms with Crippen molar-refractivity contribution in [2.75, 3.05) is 0 Å². The number of ketones is 1. The number of aliphatic hydroxyl groups excluding tert-OH is 3. The van der Waals surface area contributed by atoms with Gasteiger partial charge >= 0.3 is 5.97 Å². The summed E-state index contributed by atoms with van der Waals surface area (Å²) in [6.45, 7) is 12.7. The minimum atomic E-state index is -1.17. The topological polar surface area (TPSA) is 104 Å². The molecule has 156 valence electrons. The first kappa shape index (κ1) is 21.2. The molecule has 0 unspecified atom stereocenters. The Morgan fingerprint density at radius 3 is 2.39 bits per heavy atom. The van der Waals surface area contributed by atoms with Gasteiger partial charge in [-0.15, -0.1) is 0 Å². The molecule has 0 saturated heterocycles. The second kappa shape index (κ2) is 6.78. The van der Waals surface area contributed by atoms with Crippen molar-refractivity contribution in [2.45, 2.75) is 78.3 Å². The first-order valence-corrected chi connectivity index (χ1v) is 9.98. The van der Waals surface area contributed by atoms with Crippen molar-refractivity contribution in [3.05, 3.63) is 23.3 Å².